The fourth-order valence-corrected chi connectivity index (χ4v) is 4.35. The second-order valence-electron chi connectivity index (χ2n) is 5.11. The molecule has 1 saturated heterocycles. The highest BCUT2D eigenvalue weighted by atomic mass is 32.2. The predicted octanol–water partition coefficient (Wildman–Crippen LogP) is 2.08. The minimum atomic E-state index is -2.78. The van der Waals surface area contributed by atoms with Crippen LogP contribution in [0.15, 0.2) is 24.3 Å². The first kappa shape index (κ1) is 13.6. The van der Waals surface area contributed by atoms with Gasteiger partial charge in [-0.15, -0.1) is 0 Å². The molecule has 4 heteroatoms. The summed E-state index contributed by atoms with van der Waals surface area (Å²) in [6.45, 7) is 2.11. The molecule has 1 atom stereocenters. The van der Waals surface area contributed by atoms with Gasteiger partial charge in [0.1, 0.15) is 9.84 Å². The highest BCUT2D eigenvalue weighted by Crippen LogP contribution is 2.32. The van der Waals surface area contributed by atoms with Gasteiger partial charge in [-0.3, -0.25) is 0 Å². The normalized spacial score (nSPS) is 21.7. The number of rotatable bonds is 3. The van der Waals surface area contributed by atoms with Crippen LogP contribution < -0.4 is 5.32 Å². The first-order chi connectivity index (χ1) is 8.53. The standard InChI is InChI=1S/C14H21NO2S/c1-11-5-3-4-6-13(11)14(15-2)12-7-9-18(16,17)10-8-12/h3-6,12,14-15H,7-10H2,1-2H3. The Kier molecular flexibility index (Phi) is 4.07. The SMILES string of the molecule is CNC(c1ccccc1C)C1CCS(=O)(=O)CC1. The Labute approximate surface area is 110 Å². The van der Waals surface area contributed by atoms with E-state index in [0.717, 1.165) is 12.8 Å². The van der Waals surface area contributed by atoms with E-state index >= 15 is 0 Å². The zero-order chi connectivity index (χ0) is 13.2. The summed E-state index contributed by atoms with van der Waals surface area (Å²) in [5, 5.41) is 3.36. The number of sulfone groups is 1. The first-order valence-electron chi connectivity index (χ1n) is 6.47. The Hall–Kier alpha value is -0.870. The molecule has 18 heavy (non-hydrogen) atoms. The lowest BCUT2D eigenvalue weighted by molar-refractivity contribution is 0.349. The summed E-state index contributed by atoms with van der Waals surface area (Å²) < 4.78 is 23.0. The molecule has 1 aliphatic heterocycles. The van der Waals surface area contributed by atoms with Crippen LogP contribution >= 0.6 is 0 Å². The summed E-state index contributed by atoms with van der Waals surface area (Å²) in [6, 6.07) is 8.60. The molecule has 1 heterocycles. The zero-order valence-electron chi connectivity index (χ0n) is 11.0. The molecule has 2 rings (SSSR count). The van der Waals surface area contributed by atoms with Crippen molar-refractivity contribution in [3.8, 4) is 0 Å². The third kappa shape index (κ3) is 2.93. The van der Waals surface area contributed by atoms with E-state index in [-0.39, 0.29) is 6.04 Å². The van der Waals surface area contributed by atoms with Crippen LogP contribution in [-0.4, -0.2) is 27.0 Å². The quantitative estimate of drug-likeness (QED) is 0.912. The maximum absolute atomic E-state index is 11.5. The average molecular weight is 267 g/mol. The number of benzene rings is 1. The lowest BCUT2D eigenvalue weighted by atomic mass is 9.86. The van der Waals surface area contributed by atoms with Crippen LogP contribution in [0.4, 0.5) is 0 Å². The monoisotopic (exact) mass is 267 g/mol. The Bertz CT molecular complexity index is 496. The molecule has 0 spiro atoms. The van der Waals surface area contributed by atoms with Gasteiger partial charge in [-0.2, -0.15) is 0 Å². The highest BCUT2D eigenvalue weighted by Gasteiger charge is 2.30. The molecule has 1 aliphatic rings. The zero-order valence-corrected chi connectivity index (χ0v) is 11.8. The second-order valence-corrected chi connectivity index (χ2v) is 7.42. The van der Waals surface area contributed by atoms with E-state index < -0.39 is 9.84 Å². The number of hydrogen-bond donors (Lipinski definition) is 1. The molecule has 3 nitrogen and oxygen atoms in total. The maximum atomic E-state index is 11.5. The number of aryl methyl sites for hydroxylation is 1. The summed E-state index contributed by atoms with van der Waals surface area (Å²) in [5.74, 6) is 1.09. The fourth-order valence-electron chi connectivity index (χ4n) is 2.82. The largest absolute Gasteiger partial charge is 0.313 e. The molecular weight excluding hydrogens is 246 g/mol. The molecule has 0 bridgehead atoms. The first-order valence-corrected chi connectivity index (χ1v) is 8.29. The lowest BCUT2D eigenvalue weighted by Crippen LogP contribution is -2.33. The van der Waals surface area contributed by atoms with Crippen molar-refractivity contribution >= 4 is 9.84 Å². The fraction of sp³-hybridized carbons (Fsp3) is 0.571. The molecule has 1 aromatic carbocycles. The van der Waals surface area contributed by atoms with Gasteiger partial charge < -0.3 is 5.32 Å². The molecule has 0 aliphatic carbocycles. The molecule has 0 amide bonds. The van der Waals surface area contributed by atoms with E-state index in [1.54, 1.807) is 0 Å². The Balaban J connectivity index is 2.18. The molecule has 100 valence electrons. The van der Waals surface area contributed by atoms with Crippen LogP contribution in [0.2, 0.25) is 0 Å². The van der Waals surface area contributed by atoms with E-state index in [9.17, 15) is 8.42 Å². The van der Waals surface area contributed by atoms with Gasteiger partial charge in [-0.25, -0.2) is 8.42 Å². The van der Waals surface area contributed by atoms with Crippen molar-refractivity contribution < 1.29 is 8.42 Å². The summed E-state index contributed by atoms with van der Waals surface area (Å²) in [6.07, 6.45) is 1.53. The van der Waals surface area contributed by atoms with Crippen LogP contribution in [0.5, 0.6) is 0 Å². The molecule has 0 aromatic heterocycles. The summed E-state index contributed by atoms with van der Waals surface area (Å²) in [5.41, 5.74) is 2.56. The van der Waals surface area contributed by atoms with Gasteiger partial charge >= 0.3 is 0 Å². The van der Waals surface area contributed by atoms with Crippen LogP contribution in [0.25, 0.3) is 0 Å². The topological polar surface area (TPSA) is 46.2 Å². The van der Waals surface area contributed by atoms with Crippen LogP contribution in [0.3, 0.4) is 0 Å². The molecular formula is C14H21NO2S. The lowest BCUT2D eigenvalue weighted by Gasteiger charge is -2.31. The Morgan fingerprint density at radius 1 is 1.22 bits per heavy atom. The van der Waals surface area contributed by atoms with Crippen molar-refractivity contribution in [3.63, 3.8) is 0 Å². The van der Waals surface area contributed by atoms with E-state index in [0.29, 0.717) is 17.4 Å². The highest BCUT2D eigenvalue weighted by molar-refractivity contribution is 7.91. The van der Waals surface area contributed by atoms with Crippen molar-refractivity contribution in [1.29, 1.82) is 0 Å². The minimum Gasteiger partial charge on any atom is -0.313 e. The smallest absolute Gasteiger partial charge is 0.150 e. The van der Waals surface area contributed by atoms with Crippen molar-refractivity contribution in [3.05, 3.63) is 35.4 Å². The van der Waals surface area contributed by atoms with E-state index in [1.165, 1.54) is 11.1 Å². The average Bonchev–Trinajstić information content (AvgIpc) is 2.34. The Morgan fingerprint density at radius 3 is 2.39 bits per heavy atom. The summed E-state index contributed by atoms with van der Waals surface area (Å²) in [7, 11) is -0.819. The van der Waals surface area contributed by atoms with E-state index in [1.807, 2.05) is 19.2 Å². The third-order valence-corrected chi connectivity index (χ3v) is 5.62. The van der Waals surface area contributed by atoms with Gasteiger partial charge in [0, 0.05) is 6.04 Å². The van der Waals surface area contributed by atoms with Gasteiger partial charge in [-0.1, -0.05) is 24.3 Å². The second kappa shape index (κ2) is 5.41. The third-order valence-electron chi connectivity index (χ3n) is 3.91. The molecule has 0 saturated carbocycles. The Morgan fingerprint density at radius 2 is 1.83 bits per heavy atom. The van der Waals surface area contributed by atoms with Gasteiger partial charge in [0.2, 0.25) is 0 Å². The van der Waals surface area contributed by atoms with E-state index in [2.05, 4.69) is 24.4 Å². The summed E-state index contributed by atoms with van der Waals surface area (Å²) >= 11 is 0. The predicted molar refractivity (Wildman–Crippen MR) is 74.4 cm³/mol. The van der Waals surface area contributed by atoms with Gasteiger partial charge in [0.05, 0.1) is 11.5 Å². The molecule has 0 radical (unpaired) electrons. The number of nitrogens with one attached hydrogen (secondary N) is 1. The summed E-state index contributed by atoms with van der Waals surface area (Å²) in [4.78, 5) is 0. The number of hydrogen-bond acceptors (Lipinski definition) is 3. The van der Waals surface area contributed by atoms with Crippen molar-refractivity contribution in [2.75, 3.05) is 18.6 Å². The molecule has 1 fully saturated rings. The minimum absolute atomic E-state index is 0.265. The van der Waals surface area contributed by atoms with Crippen LogP contribution in [0.1, 0.15) is 30.0 Å². The van der Waals surface area contributed by atoms with Gasteiger partial charge in [0.15, 0.2) is 0 Å². The van der Waals surface area contributed by atoms with E-state index in [4.69, 9.17) is 0 Å². The maximum Gasteiger partial charge on any atom is 0.150 e. The van der Waals surface area contributed by atoms with Crippen molar-refractivity contribution in [1.82, 2.24) is 5.32 Å². The van der Waals surface area contributed by atoms with Crippen LogP contribution in [0, 0.1) is 12.8 Å². The van der Waals surface area contributed by atoms with Crippen molar-refractivity contribution in [2.45, 2.75) is 25.8 Å². The van der Waals surface area contributed by atoms with Crippen LogP contribution in [-0.2, 0) is 9.84 Å². The molecule has 1 N–H and O–H groups in total. The van der Waals surface area contributed by atoms with Gasteiger partial charge in [0.25, 0.3) is 0 Å². The molecule has 1 aromatic rings. The van der Waals surface area contributed by atoms with Gasteiger partial charge in [-0.05, 0) is 43.9 Å². The van der Waals surface area contributed by atoms with Crippen molar-refractivity contribution in [2.24, 2.45) is 5.92 Å². The molecule has 1 unspecified atom stereocenters.